The third-order valence-electron chi connectivity index (χ3n) is 2.44. The molecule has 0 saturated carbocycles. The summed E-state index contributed by atoms with van der Waals surface area (Å²) in [4.78, 5) is 19.3. The average molecular weight is 307 g/mol. The van der Waals surface area contributed by atoms with E-state index >= 15 is 0 Å². The van der Waals surface area contributed by atoms with E-state index in [9.17, 15) is 4.79 Å². The van der Waals surface area contributed by atoms with Crippen molar-refractivity contribution in [3.8, 4) is 11.4 Å². The molecule has 5 heteroatoms. The van der Waals surface area contributed by atoms with Crippen molar-refractivity contribution < 1.29 is 9.90 Å². The molecule has 1 aromatic carbocycles. The van der Waals surface area contributed by atoms with Crippen LogP contribution in [0.4, 0.5) is 0 Å². The number of carboxylic acids is 1. The van der Waals surface area contributed by atoms with Crippen LogP contribution in [0.2, 0.25) is 0 Å². The van der Waals surface area contributed by atoms with Gasteiger partial charge >= 0.3 is 5.97 Å². The lowest BCUT2D eigenvalue weighted by Gasteiger charge is -2.06. The van der Waals surface area contributed by atoms with Crippen molar-refractivity contribution in [3.63, 3.8) is 0 Å². The van der Waals surface area contributed by atoms with E-state index in [1.54, 1.807) is 6.92 Å². The Hall–Kier alpha value is -1.75. The zero-order chi connectivity index (χ0) is 13.3. The van der Waals surface area contributed by atoms with E-state index in [2.05, 4.69) is 25.9 Å². The molecule has 0 aliphatic carbocycles. The first-order valence-corrected chi connectivity index (χ1v) is 6.12. The lowest BCUT2D eigenvalue weighted by molar-refractivity contribution is 0.0690. The molecule has 1 N–H and O–H groups in total. The predicted molar refractivity (Wildman–Crippen MR) is 71.6 cm³/mol. The summed E-state index contributed by atoms with van der Waals surface area (Å²) in [7, 11) is 0. The van der Waals surface area contributed by atoms with E-state index in [0.717, 1.165) is 15.6 Å². The van der Waals surface area contributed by atoms with Crippen LogP contribution in [0.3, 0.4) is 0 Å². The molecule has 0 aliphatic heterocycles. The van der Waals surface area contributed by atoms with Crippen molar-refractivity contribution in [2.75, 3.05) is 0 Å². The Bertz CT molecular complexity index is 626. The molecular weight excluding hydrogens is 296 g/mol. The molecule has 0 fully saturated rings. The van der Waals surface area contributed by atoms with Gasteiger partial charge in [0.05, 0.1) is 0 Å². The number of aryl methyl sites for hydroxylation is 2. The molecule has 1 heterocycles. The zero-order valence-electron chi connectivity index (χ0n) is 9.94. The Morgan fingerprint density at radius 2 is 1.94 bits per heavy atom. The predicted octanol–water partition coefficient (Wildman–Crippen LogP) is 3.22. The van der Waals surface area contributed by atoms with E-state index < -0.39 is 5.97 Å². The van der Waals surface area contributed by atoms with Gasteiger partial charge in [-0.1, -0.05) is 22.0 Å². The van der Waals surface area contributed by atoms with Crippen LogP contribution in [0, 0.1) is 13.8 Å². The van der Waals surface area contributed by atoms with E-state index in [1.165, 1.54) is 6.07 Å². The topological polar surface area (TPSA) is 63.1 Å². The summed E-state index contributed by atoms with van der Waals surface area (Å²) < 4.78 is 0.851. The molecule has 2 rings (SSSR count). The Labute approximate surface area is 113 Å². The third-order valence-corrected chi connectivity index (χ3v) is 3.09. The smallest absolute Gasteiger partial charge is 0.354 e. The molecule has 0 saturated heterocycles. The van der Waals surface area contributed by atoms with Gasteiger partial charge in [0.15, 0.2) is 11.5 Å². The van der Waals surface area contributed by atoms with Crippen molar-refractivity contribution in [1.82, 2.24) is 9.97 Å². The highest BCUT2D eigenvalue weighted by atomic mass is 79.9. The van der Waals surface area contributed by atoms with Gasteiger partial charge in [-0.25, -0.2) is 14.8 Å². The SMILES string of the molecule is Cc1ccc(-c2nc(C)cc(C(=O)O)n2)c(Br)c1. The monoisotopic (exact) mass is 306 g/mol. The van der Waals surface area contributed by atoms with Crippen LogP contribution >= 0.6 is 15.9 Å². The van der Waals surface area contributed by atoms with Crippen molar-refractivity contribution >= 4 is 21.9 Å². The number of carboxylic acid groups (broad SMARTS) is 1. The first-order chi connectivity index (χ1) is 8.47. The van der Waals surface area contributed by atoms with Crippen LogP contribution in [-0.4, -0.2) is 21.0 Å². The van der Waals surface area contributed by atoms with Gasteiger partial charge in [0.2, 0.25) is 0 Å². The highest BCUT2D eigenvalue weighted by molar-refractivity contribution is 9.10. The van der Waals surface area contributed by atoms with Gasteiger partial charge in [-0.3, -0.25) is 0 Å². The number of carbonyl (C=O) groups is 1. The Morgan fingerprint density at radius 1 is 1.22 bits per heavy atom. The number of benzene rings is 1. The third kappa shape index (κ3) is 2.56. The van der Waals surface area contributed by atoms with Gasteiger partial charge in [0.1, 0.15) is 0 Å². The summed E-state index contributed by atoms with van der Waals surface area (Å²) in [5, 5.41) is 8.99. The molecule has 0 aliphatic rings. The number of rotatable bonds is 2. The Balaban J connectivity index is 2.60. The summed E-state index contributed by atoms with van der Waals surface area (Å²) in [5.41, 5.74) is 2.53. The largest absolute Gasteiger partial charge is 0.477 e. The molecule has 0 radical (unpaired) electrons. The summed E-state index contributed by atoms with van der Waals surface area (Å²) in [6, 6.07) is 7.21. The molecular formula is C13H11BrN2O2. The Kier molecular flexibility index (Phi) is 3.43. The molecule has 2 aromatic rings. The van der Waals surface area contributed by atoms with Crippen molar-refractivity contribution in [2.24, 2.45) is 0 Å². The van der Waals surface area contributed by atoms with Gasteiger partial charge in [0.25, 0.3) is 0 Å². The molecule has 4 nitrogen and oxygen atoms in total. The van der Waals surface area contributed by atoms with Gasteiger partial charge in [-0.2, -0.15) is 0 Å². The molecule has 1 aromatic heterocycles. The van der Waals surface area contributed by atoms with E-state index in [4.69, 9.17) is 5.11 Å². The highest BCUT2D eigenvalue weighted by Gasteiger charge is 2.12. The highest BCUT2D eigenvalue weighted by Crippen LogP contribution is 2.26. The number of nitrogens with zero attached hydrogens (tertiary/aromatic N) is 2. The van der Waals surface area contributed by atoms with Crippen LogP contribution in [-0.2, 0) is 0 Å². The fourth-order valence-corrected chi connectivity index (χ4v) is 2.27. The quantitative estimate of drug-likeness (QED) is 0.925. The minimum atomic E-state index is -1.05. The molecule has 92 valence electrons. The van der Waals surface area contributed by atoms with Crippen molar-refractivity contribution in [1.29, 1.82) is 0 Å². The van der Waals surface area contributed by atoms with Crippen molar-refractivity contribution in [2.45, 2.75) is 13.8 Å². The maximum Gasteiger partial charge on any atom is 0.354 e. The average Bonchev–Trinajstić information content (AvgIpc) is 2.27. The fourth-order valence-electron chi connectivity index (χ4n) is 1.60. The second-order valence-corrected chi connectivity index (χ2v) is 4.86. The van der Waals surface area contributed by atoms with E-state index in [-0.39, 0.29) is 5.69 Å². The van der Waals surface area contributed by atoms with Gasteiger partial charge in [-0.15, -0.1) is 0 Å². The molecule has 0 unspecified atom stereocenters. The lowest BCUT2D eigenvalue weighted by atomic mass is 10.1. The van der Waals surface area contributed by atoms with Crippen LogP contribution in [0.5, 0.6) is 0 Å². The number of aromatic nitrogens is 2. The number of hydrogen-bond donors (Lipinski definition) is 1. The van der Waals surface area contributed by atoms with Crippen molar-refractivity contribution in [3.05, 3.63) is 45.7 Å². The number of hydrogen-bond acceptors (Lipinski definition) is 3. The lowest BCUT2D eigenvalue weighted by Crippen LogP contribution is -2.04. The molecule has 18 heavy (non-hydrogen) atoms. The summed E-state index contributed by atoms with van der Waals surface area (Å²) in [5.74, 6) is -0.635. The zero-order valence-corrected chi connectivity index (χ0v) is 11.5. The van der Waals surface area contributed by atoms with E-state index in [1.807, 2.05) is 25.1 Å². The van der Waals surface area contributed by atoms with Crippen LogP contribution < -0.4 is 0 Å². The second-order valence-electron chi connectivity index (χ2n) is 4.01. The molecule has 0 spiro atoms. The summed E-state index contributed by atoms with van der Waals surface area (Å²) >= 11 is 3.44. The second kappa shape index (κ2) is 4.86. The maximum absolute atomic E-state index is 11.0. The maximum atomic E-state index is 11.0. The van der Waals surface area contributed by atoms with Crippen LogP contribution in [0.1, 0.15) is 21.7 Å². The van der Waals surface area contributed by atoms with E-state index in [0.29, 0.717) is 11.5 Å². The molecule has 0 bridgehead atoms. The minimum Gasteiger partial charge on any atom is -0.477 e. The summed E-state index contributed by atoms with van der Waals surface area (Å²) in [6.07, 6.45) is 0. The standard InChI is InChI=1S/C13H11BrN2O2/c1-7-3-4-9(10(14)5-7)12-15-8(2)6-11(16-12)13(17)18/h3-6H,1-2H3,(H,17,18). The number of aromatic carboxylic acids is 1. The fraction of sp³-hybridized carbons (Fsp3) is 0.154. The van der Waals surface area contributed by atoms with Gasteiger partial charge in [-0.05, 0) is 37.6 Å². The first-order valence-electron chi connectivity index (χ1n) is 5.33. The Morgan fingerprint density at radius 3 is 2.56 bits per heavy atom. The summed E-state index contributed by atoms with van der Waals surface area (Å²) in [6.45, 7) is 3.73. The molecule has 0 amide bonds. The van der Waals surface area contributed by atoms with Crippen LogP contribution in [0.25, 0.3) is 11.4 Å². The molecule has 0 atom stereocenters. The normalized spacial score (nSPS) is 10.4. The first kappa shape index (κ1) is 12.7. The van der Waals surface area contributed by atoms with Gasteiger partial charge in [0, 0.05) is 15.7 Å². The number of halogens is 1. The van der Waals surface area contributed by atoms with Crippen LogP contribution in [0.15, 0.2) is 28.7 Å². The minimum absolute atomic E-state index is 0.00461. The van der Waals surface area contributed by atoms with Gasteiger partial charge < -0.3 is 5.11 Å².